The van der Waals surface area contributed by atoms with E-state index in [0.29, 0.717) is 11.3 Å². The highest BCUT2D eigenvalue weighted by molar-refractivity contribution is 9.09. The van der Waals surface area contributed by atoms with Crippen LogP contribution in [0.5, 0.6) is 0 Å². The van der Waals surface area contributed by atoms with Gasteiger partial charge in [0, 0.05) is 68.5 Å². The molecule has 0 saturated carbocycles. The second-order valence-electron chi connectivity index (χ2n) is 17.1. The molecular weight excluding hydrogens is 926 g/mol. The second kappa shape index (κ2) is 25.6. The van der Waals surface area contributed by atoms with Crippen molar-refractivity contribution in [3.8, 4) is 11.1 Å². The molecule has 0 spiro atoms. The molecule has 0 fully saturated rings. The third kappa shape index (κ3) is 16.8. The first-order valence-electron chi connectivity index (χ1n) is 21.4. The van der Waals surface area contributed by atoms with E-state index in [4.69, 9.17) is 5.73 Å². The van der Waals surface area contributed by atoms with E-state index in [9.17, 15) is 47.9 Å². The van der Waals surface area contributed by atoms with Crippen LogP contribution in [0, 0.1) is 23.0 Å². The van der Waals surface area contributed by atoms with E-state index in [1.165, 1.54) is 25.7 Å². The summed E-state index contributed by atoms with van der Waals surface area (Å²) in [5.41, 5.74) is 6.25. The number of amides is 7. The number of nitrogens with one attached hydrogen (secondary N) is 5. The number of ketones is 1. The van der Waals surface area contributed by atoms with Crippen LogP contribution in [0.2, 0.25) is 0 Å². The van der Waals surface area contributed by atoms with Crippen LogP contribution in [0.25, 0.3) is 11.1 Å². The normalized spacial score (nSPS) is 13.5. The maximum atomic E-state index is 15.3. The zero-order valence-corrected chi connectivity index (χ0v) is 39.6. The van der Waals surface area contributed by atoms with Crippen LogP contribution in [-0.2, 0) is 44.9 Å². The van der Waals surface area contributed by atoms with Crippen molar-refractivity contribution in [1.82, 2.24) is 36.1 Å². The lowest BCUT2D eigenvalue weighted by atomic mass is 9.82. The first kappa shape index (κ1) is 54.3. The number of nitrogens with two attached hydrogens (primary N) is 1. The molecule has 0 unspecified atom stereocenters. The Morgan fingerprint density at radius 2 is 1.50 bits per heavy atom. The van der Waals surface area contributed by atoms with Crippen molar-refractivity contribution < 1.29 is 52.2 Å². The molecule has 5 atom stereocenters. The van der Waals surface area contributed by atoms with Crippen LogP contribution in [0.4, 0.5) is 8.78 Å². The topological polar surface area (TPSA) is 251 Å². The van der Waals surface area contributed by atoms with Crippen molar-refractivity contribution in [1.29, 1.82) is 0 Å². The molecule has 0 saturated heterocycles. The van der Waals surface area contributed by atoms with Gasteiger partial charge in [-0.1, -0.05) is 74.0 Å². The van der Waals surface area contributed by atoms with Crippen LogP contribution < -0.4 is 32.3 Å². The van der Waals surface area contributed by atoms with E-state index in [1.54, 1.807) is 16.8 Å². The summed E-state index contributed by atoms with van der Waals surface area (Å²) in [5, 5.41) is 23.3. The number of hydrogen-bond donors (Lipinski definition) is 7. The molecule has 17 nitrogen and oxygen atoms in total. The predicted octanol–water partition coefficient (Wildman–Crippen LogP) is 2.76. The van der Waals surface area contributed by atoms with Crippen molar-refractivity contribution in [3.63, 3.8) is 0 Å². The number of aliphatic hydroxyl groups is 1. The summed E-state index contributed by atoms with van der Waals surface area (Å²) in [7, 11) is 0. The molecule has 1 heterocycles. The minimum absolute atomic E-state index is 0.0277. The van der Waals surface area contributed by atoms with Gasteiger partial charge in [-0.3, -0.25) is 38.4 Å². The van der Waals surface area contributed by atoms with Gasteiger partial charge in [0.05, 0.1) is 23.8 Å². The van der Waals surface area contributed by atoms with Gasteiger partial charge in [0.2, 0.25) is 41.4 Å². The first-order valence-corrected chi connectivity index (χ1v) is 22.6. The number of rotatable bonds is 25. The Kier molecular flexibility index (Phi) is 21.1. The SMILES string of the molecule is CC(=O)N[C@@H](C)C(=O)C[C@@H](C)C(=O)N[C@@H](CC(N)=O)C(=O)N[C@@H](CCN(C(=O)CO)[C@@H](c1cc(-c2cc(F)ccc2F)cn1Cc1ccccc1)C(C)(C)C)C(=O)NCCCNC(=O)CBr. The van der Waals surface area contributed by atoms with Gasteiger partial charge in [0.1, 0.15) is 30.3 Å². The summed E-state index contributed by atoms with van der Waals surface area (Å²) in [6.45, 7) is 8.85. The number of hydrogen-bond acceptors (Lipinski definition) is 9. The molecule has 7 amide bonds. The number of halogens is 3. The maximum Gasteiger partial charge on any atom is 0.248 e. The zero-order valence-electron chi connectivity index (χ0n) is 38.1. The number of primary amides is 1. The van der Waals surface area contributed by atoms with Crippen LogP contribution in [0.15, 0.2) is 60.8 Å². The molecule has 66 heavy (non-hydrogen) atoms. The molecule has 360 valence electrons. The third-order valence-electron chi connectivity index (χ3n) is 10.5. The van der Waals surface area contributed by atoms with Gasteiger partial charge in [-0.15, -0.1) is 0 Å². The number of Topliss-reactive ketones (excluding diaryl/α,β-unsaturated/α-hetero) is 1. The minimum Gasteiger partial charge on any atom is -0.387 e. The average molecular weight is 988 g/mol. The highest BCUT2D eigenvalue weighted by Gasteiger charge is 2.38. The van der Waals surface area contributed by atoms with Gasteiger partial charge in [0.25, 0.3) is 0 Å². The van der Waals surface area contributed by atoms with E-state index in [1.807, 2.05) is 51.1 Å². The number of aromatic nitrogens is 1. The number of aliphatic hydroxyl groups excluding tert-OH is 1. The standard InChI is InChI=1S/C46H61BrF2N8O9/c1-27(19-38(60)28(2)53-29(3)59)43(64)55-36(22-39(50)61)45(66)54-35(44(65)52-17-10-16-51-40(62)23-47)15-18-57(41(63)26-58)42(46(4,5)6)37-20-31(33-21-32(48)13-14-34(33)49)25-56(37)24-30-11-8-7-9-12-30/h7-9,11-14,20-21,25,27-28,35-36,42,58H,10,15-19,22-24,26H2,1-6H3,(H2,50,61)(H,51,62)(H,52,65)(H,53,59)(H,54,66)(H,55,64)/t27-,28+,35+,36+,42+/m1/s1. The Morgan fingerprint density at radius 1 is 0.848 bits per heavy atom. The quantitative estimate of drug-likeness (QED) is 0.0487. The summed E-state index contributed by atoms with van der Waals surface area (Å²) in [6, 6.07) is 9.12. The molecule has 20 heteroatoms. The Balaban J connectivity index is 2.05. The lowest BCUT2D eigenvalue weighted by molar-refractivity contribution is -0.140. The monoisotopic (exact) mass is 986 g/mol. The Bertz CT molecular complexity index is 2200. The van der Waals surface area contributed by atoms with E-state index < -0.39 is 101 Å². The summed E-state index contributed by atoms with van der Waals surface area (Å²) >= 11 is 3.06. The van der Waals surface area contributed by atoms with Gasteiger partial charge >= 0.3 is 0 Å². The number of carbonyl (C=O) groups is 8. The minimum atomic E-state index is -1.62. The summed E-state index contributed by atoms with van der Waals surface area (Å²) in [4.78, 5) is 105. The predicted molar refractivity (Wildman–Crippen MR) is 245 cm³/mol. The van der Waals surface area contributed by atoms with Crippen LogP contribution in [0.3, 0.4) is 0 Å². The molecular formula is C46H61BrF2N8O9. The average Bonchev–Trinajstić information content (AvgIpc) is 3.65. The van der Waals surface area contributed by atoms with Gasteiger partial charge in [-0.05, 0) is 55.0 Å². The molecule has 0 aliphatic heterocycles. The largest absolute Gasteiger partial charge is 0.387 e. The van der Waals surface area contributed by atoms with Crippen molar-refractivity contribution in [2.75, 3.05) is 31.6 Å². The fourth-order valence-electron chi connectivity index (χ4n) is 7.29. The molecule has 0 aliphatic carbocycles. The van der Waals surface area contributed by atoms with Gasteiger partial charge in [-0.2, -0.15) is 0 Å². The van der Waals surface area contributed by atoms with Crippen LogP contribution in [-0.4, -0.2) is 111 Å². The third-order valence-corrected chi connectivity index (χ3v) is 11.0. The molecule has 3 aromatic rings. The molecule has 0 radical (unpaired) electrons. The number of carbonyl (C=O) groups excluding carboxylic acids is 8. The van der Waals surface area contributed by atoms with Crippen molar-refractivity contribution in [2.45, 2.75) is 97.9 Å². The maximum absolute atomic E-state index is 15.3. The summed E-state index contributed by atoms with van der Waals surface area (Å²) < 4.78 is 31.6. The van der Waals surface area contributed by atoms with Crippen LogP contribution in [0.1, 0.15) is 84.5 Å². The lowest BCUT2D eigenvalue weighted by Gasteiger charge is -2.41. The van der Waals surface area contributed by atoms with Crippen molar-refractivity contribution in [2.24, 2.45) is 17.1 Å². The van der Waals surface area contributed by atoms with E-state index >= 15 is 4.39 Å². The fourth-order valence-corrected chi connectivity index (χ4v) is 7.49. The van der Waals surface area contributed by atoms with Gasteiger partial charge in [-0.25, -0.2) is 8.78 Å². The summed E-state index contributed by atoms with van der Waals surface area (Å²) in [6.07, 6.45) is 0.623. The smallest absolute Gasteiger partial charge is 0.248 e. The molecule has 8 N–H and O–H groups in total. The first-order chi connectivity index (χ1) is 31.1. The molecule has 0 bridgehead atoms. The highest BCUT2D eigenvalue weighted by Crippen LogP contribution is 2.41. The molecule has 3 rings (SSSR count). The Hall–Kier alpha value is -6.02. The van der Waals surface area contributed by atoms with Crippen molar-refractivity contribution in [3.05, 3.63) is 83.7 Å². The lowest BCUT2D eigenvalue weighted by Crippen LogP contribution is -2.56. The fraction of sp³-hybridized carbons (Fsp3) is 0.478. The number of benzene rings is 2. The highest BCUT2D eigenvalue weighted by atomic mass is 79.9. The molecule has 2 aromatic carbocycles. The van der Waals surface area contributed by atoms with E-state index in [0.717, 1.165) is 23.8 Å². The van der Waals surface area contributed by atoms with Crippen LogP contribution >= 0.6 is 15.9 Å². The molecule has 0 aliphatic rings. The molecule has 1 aromatic heterocycles. The Labute approximate surface area is 391 Å². The number of alkyl halides is 1. The van der Waals surface area contributed by atoms with E-state index in [-0.39, 0.29) is 62.2 Å². The second-order valence-corrected chi connectivity index (χ2v) is 17.7. The summed E-state index contributed by atoms with van der Waals surface area (Å²) in [5.74, 6) is -7.83. The van der Waals surface area contributed by atoms with Crippen molar-refractivity contribution >= 4 is 63.1 Å². The van der Waals surface area contributed by atoms with Gasteiger partial charge < -0.3 is 46.9 Å². The van der Waals surface area contributed by atoms with E-state index in [2.05, 4.69) is 42.5 Å². The zero-order chi connectivity index (χ0) is 49.3. The van der Waals surface area contributed by atoms with Gasteiger partial charge in [0.15, 0.2) is 5.78 Å². The Morgan fingerprint density at radius 3 is 2.11 bits per heavy atom. The number of nitrogens with zero attached hydrogens (tertiary/aromatic N) is 2.